The number of morpholine rings is 1. The van der Waals surface area contributed by atoms with Gasteiger partial charge in [-0.1, -0.05) is 19.8 Å². The highest BCUT2D eigenvalue weighted by Gasteiger charge is 2.45. The highest BCUT2D eigenvalue weighted by Crippen LogP contribution is 2.31. The van der Waals surface area contributed by atoms with Gasteiger partial charge in [0.1, 0.15) is 12.0 Å². The Kier molecular flexibility index (Phi) is 8.21. The van der Waals surface area contributed by atoms with E-state index < -0.39 is 11.3 Å². The quantitative estimate of drug-likeness (QED) is 0.530. The molecule has 2 atom stereocenters. The van der Waals surface area contributed by atoms with E-state index in [4.69, 9.17) is 10.00 Å². The Balaban J connectivity index is 2.96. The third-order valence-electron chi connectivity index (χ3n) is 4.34. The van der Waals surface area contributed by atoms with Crippen molar-refractivity contribution < 1.29 is 14.3 Å². The second-order valence-electron chi connectivity index (χ2n) is 6.25. The molecule has 2 unspecified atom stereocenters. The SMILES string of the molecule is CCCCC(C#N)CC(C)(C(=O)NCC#N)C(=O)N1CCOCC1. The van der Waals surface area contributed by atoms with Crippen LogP contribution in [0.1, 0.15) is 39.5 Å². The number of hydrogen-bond acceptors (Lipinski definition) is 5. The molecule has 2 amide bonds. The molecule has 0 spiro atoms. The van der Waals surface area contributed by atoms with Crippen LogP contribution in [0.25, 0.3) is 0 Å². The van der Waals surface area contributed by atoms with Gasteiger partial charge in [-0.25, -0.2) is 0 Å². The molecular formula is C17H26N4O3. The lowest BCUT2D eigenvalue weighted by atomic mass is 9.77. The molecular weight excluding hydrogens is 308 g/mol. The molecule has 0 aromatic heterocycles. The van der Waals surface area contributed by atoms with E-state index >= 15 is 0 Å². The summed E-state index contributed by atoms with van der Waals surface area (Å²) in [6.07, 6.45) is 2.65. The van der Waals surface area contributed by atoms with Crippen LogP contribution < -0.4 is 5.32 Å². The van der Waals surface area contributed by atoms with Crippen LogP contribution in [-0.2, 0) is 14.3 Å². The van der Waals surface area contributed by atoms with Crippen molar-refractivity contribution >= 4 is 11.8 Å². The van der Waals surface area contributed by atoms with E-state index in [2.05, 4.69) is 11.4 Å². The smallest absolute Gasteiger partial charge is 0.238 e. The monoisotopic (exact) mass is 334 g/mol. The molecule has 1 aliphatic heterocycles. The fourth-order valence-electron chi connectivity index (χ4n) is 2.86. The Labute approximate surface area is 143 Å². The third kappa shape index (κ3) is 5.21. The first-order chi connectivity index (χ1) is 11.5. The van der Waals surface area contributed by atoms with Crippen molar-refractivity contribution in [1.82, 2.24) is 10.2 Å². The summed E-state index contributed by atoms with van der Waals surface area (Å²) in [6.45, 7) is 5.22. The number of amides is 2. The number of carbonyl (C=O) groups is 2. The van der Waals surface area contributed by atoms with Crippen LogP contribution in [0.2, 0.25) is 0 Å². The molecule has 0 bridgehead atoms. The van der Waals surface area contributed by atoms with Gasteiger partial charge in [-0.2, -0.15) is 10.5 Å². The zero-order chi connectivity index (χ0) is 18.0. The van der Waals surface area contributed by atoms with Crippen LogP contribution in [0.15, 0.2) is 0 Å². The fraction of sp³-hybridized carbons (Fsp3) is 0.765. The zero-order valence-electron chi connectivity index (χ0n) is 14.5. The topological polar surface area (TPSA) is 106 Å². The lowest BCUT2D eigenvalue weighted by Gasteiger charge is -2.36. The first-order valence-corrected chi connectivity index (χ1v) is 8.41. The second-order valence-corrected chi connectivity index (χ2v) is 6.25. The average molecular weight is 334 g/mol. The summed E-state index contributed by atoms with van der Waals surface area (Å²) in [7, 11) is 0. The molecule has 0 saturated carbocycles. The summed E-state index contributed by atoms with van der Waals surface area (Å²) in [4.78, 5) is 27.2. The Hall–Kier alpha value is -2.12. The molecule has 7 nitrogen and oxygen atoms in total. The molecule has 1 saturated heterocycles. The highest BCUT2D eigenvalue weighted by atomic mass is 16.5. The number of hydrogen-bond donors (Lipinski definition) is 1. The molecule has 0 aromatic rings. The van der Waals surface area contributed by atoms with Gasteiger partial charge in [0.2, 0.25) is 11.8 Å². The third-order valence-corrected chi connectivity index (χ3v) is 4.34. The number of nitriles is 2. The average Bonchev–Trinajstić information content (AvgIpc) is 2.62. The van der Waals surface area contributed by atoms with Crippen LogP contribution in [0.4, 0.5) is 0 Å². The van der Waals surface area contributed by atoms with E-state index in [1.54, 1.807) is 11.8 Å². The van der Waals surface area contributed by atoms with Crippen LogP contribution in [0.5, 0.6) is 0 Å². The minimum absolute atomic E-state index is 0.156. The number of carbonyl (C=O) groups excluding carboxylic acids is 2. The molecule has 7 heteroatoms. The molecule has 1 rings (SSSR count). The van der Waals surface area contributed by atoms with Crippen molar-refractivity contribution in [1.29, 1.82) is 10.5 Å². The van der Waals surface area contributed by atoms with E-state index in [1.807, 2.05) is 13.0 Å². The molecule has 1 heterocycles. The number of unbranched alkanes of at least 4 members (excludes halogenated alkanes) is 1. The van der Waals surface area contributed by atoms with E-state index in [0.29, 0.717) is 32.7 Å². The van der Waals surface area contributed by atoms with E-state index in [9.17, 15) is 14.9 Å². The van der Waals surface area contributed by atoms with Crippen LogP contribution in [-0.4, -0.2) is 49.6 Å². The summed E-state index contributed by atoms with van der Waals surface area (Å²) in [5, 5.41) is 20.6. The van der Waals surface area contributed by atoms with Gasteiger partial charge in [0.25, 0.3) is 0 Å². The van der Waals surface area contributed by atoms with Gasteiger partial charge in [-0.3, -0.25) is 9.59 Å². The van der Waals surface area contributed by atoms with Crippen molar-refractivity contribution in [3.63, 3.8) is 0 Å². The van der Waals surface area contributed by atoms with Crippen molar-refractivity contribution in [3.05, 3.63) is 0 Å². The molecule has 0 aliphatic carbocycles. The normalized spacial score (nSPS) is 17.9. The minimum atomic E-state index is -1.34. The Morgan fingerprint density at radius 2 is 2.00 bits per heavy atom. The summed E-state index contributed by atoms with van der Waals surface area (Å²) >= 11 is 0. The first-order valence-electron chi connectivity index (χ1n) is 8.41. The summed E-state index contributed by atoms with van der Waals surface area (Å²) < 4.78 is 5.25. The predicted octanol–water partition coefficient (Wildman–Crippen LogP) is 1.21. The van der Waals surface area contributed by atoms with E-state index in [0.717, 1.165) is 12.8 Å². The van der Waals surface area contributed by atoms with E-state index in [1.165, 1.54) is 0 Å². The zero-order valence-corrected chi connectivity index (χ0v) is 14.5. The van der Waals surface area contributed by atoms with Gasteiger partial charge >= 0.3 is 0 Å². The number of nitrogens with one attached hydrogen (secondary N) is 1. The van der Waals surface area contributed by atoms with Gasteiger partial charge in [-0.05, 0) is 19.8 Å². The summed E-state index contributed by atoms with van der Waals surface area (Å²) in [6, 6.07) is 4.07. The van der Waals surface area contributed by atoms with Crippen molar-refractivity contribution in [2.75, 3.05) is 32.8 Å². The molecule has 1 aliphatic rings. The summed E-state index contributed by atoms with van der Waals surface area (Å²) in [5.41, 5.74) is -1.34. The van der Waals surface area contributed by atoms with Crippen LogP contribution in [0, 0.1) is 34.0 Å². The van der Waals surface area contributed by atoms with Crippen molar-refractivity contribution in [2.45, 2.75) is 39.5 Å². The Morgan fingerprint density at radius 3 is 2.54 bits per heavy atom. The number of rotatable bonds is 8. The van der Waals surface area contributed by atoms with Gasteiger partial charge in [-0.15, -0.1) is 0 Å². The Bertz CT molecular complexity index is 517. The molecule has 24 heavy (non-hydrogen) atoms. The first kappa shape index (κ1) is 19.9. The summed E-state index contributed by atoms with van der Waals surface area (Å²) in [5.74, 6) is -1.15. The highest BCUT2D eigenvalue weighted by molar-refractivity contribution is 6.04. The van der Waals surface area contributed by atoms with Crippen molar-refractivity contribution in [2.24, 2.45) is 11.3 Å². The van der Waals surface area contributed by atoms with Gasteiger partial charge in [0, 0.05) is 19.0 Å². The Morgan fingerprint density at radius 1 is 1.33 bits per heavy atom. The minimum Gasteiger partial charge on any atom is -0.378 e. The van der Waals surface area contributed by atoms with Gasteiger partial charge in [0.05, 0.1) is 25.4 Å². The predicted molar refractivity (Wildman–Crippen MR) is 87.4 cm³/mol. The van der Waals surface area contributed by atoms with Crippen molar-refractivity contribution in [3.8, 4) is 12.1 Å². The molecule has 0 aromatic carbocycles. The standard InChI is InChI=1S/C17H26N4O3/c1-3-4-5-14(13-19)12-17(2,15(22)20-7-6-18)16(23)21-8-10-24-11-9-21/h14H,3-5,7-12H2,1-2H3,(H,20,22). The van der Waals surface area contributed by atoms with Crippen LogP contribution >= 0.6 is 0 Å². The van der Waals surface area contributed by atoms with Gasteiger partial charge < -0.3 is 15.0 Å². The maximum atomic E-state index is 13.0. The maximum absolute atomic E-state index is 13.0. The number of nitrogens with zero attached hydrogens (tertiary/aromatic N) is 3. The lowest BCUT2D eigenvalue weighted by Crippen LogP contribution is -2.54. The molecule has 1 fully saturated rings. The van der Waals surface area contributed by atoms with E-state index in [-0.39, 0.29) is 24.8 Å². The maximum Gasteiger partial charge on any atom is 0.238 e. The fourth-order valence-corrected chi connectivity index (χ4v) is 2.86. The van der Waals surface area contributed by atoms with Gasteiger partial charge in [0.15, 0.2) is 0 Å². The second kappa shape index (κ2) is 9.89. The molecule has 0 radical (unpaired) electrons. The van der Waals surface area contributed by atoms with Crippen LogP contribution in [0.3, 0.4) is 0 Å². The lowest BCUT2D eigenvalue weighted by molar-refractivity contribution is -0.153. The molecule has 132 valence electrons. The molecule has 1 N–H and O–H groups in total. The largest absolute Gasteiger partial charge is 0.378 e. The number of ether oxygens (including phenoxy) is 1.